The molecule has 4 nitrogen and oxygen atoms in total. The van der Waals surface area contributed by atoms with Crippen LogP contribution in [0.1, 0.15) is 15.2 Å². The zero-order chi connectivity index (χ0) is 17.6. The maximum absolute atomic E-state index is 12.4. The van der Waals surface area contributed by atoms with Crippen molar-refractivity contribution in [1.29, 1.82) is 0 Å². The normalized spacial score (nSPS) is 10.3. The molecule has 2 amide bonds. The van der Waals surface area contributed by atoms with Crippen LogP contribution >= 0.6 is 22.9 Å². The van der Waals surface area contributed by atoms with Gasteiger partial charge in [0, 0.05) is 16.1 Å². The third kappa shape index (κ3) is 4.68. The molecule has 1 heterocycles. The number of nitrogens with one attached hydrogen (secondary N) is 2. The summed E-state index contributed by atoms with van der Waals surface area (Å²) in [6.45, 7) is 0. The molecule has 3 rings (SSSR count). The number of thiophene rings is 1. The highest BCUT2D eigenvalue weighted by Crippen LogP contribution is 2.24. The van der Waals surface area contributed by atoms with Crippen LogP contribution in [0.3, 0.4) is 0 Å². The van der Waals surface area contributed by atoms with Crippen molar-refractivity contribution in [2.24, 2.45) is 0 Å². The molecule has 3 aromatic rings. The lowest BCUT2D eigenvalue weighted by Gasteiger charge is -2.10. The number of amides is 2. The van der Waals surface area contributed by atoms with E-state index < -0.39 is 0 Å². The first kappa shape index (κ1) is 17.2. The van der Waals surface area contributed by atoms with E-state index in [4.69, 9.17) is 11.6 Å². The van der Waals surface area contributed by atoms with Gasteiger partial charge < -0.3 is 10.6 Å². The Kier molecular flexibility index (Phi) is 5.48. The van der Waals surface area contributed by atoms with Gasteiger partial charge in [0.25, 0.3) is 5.91 Å². The number of hydrogen-bond acceptors (Lipinski definition) is 3. The standard InChI is InChI=1S/C19H15ClN2O2S/c20-16-9-8-13(19(24)21-14-5-2-1-3-6-14)11-17(16)22-18(23)12-15-7-4-10-25-15/h1-11H,12H2,(H,21,24)(H,22,23). The zero-order valence-corrected chi connectivity index (χ0v) is 14.7. The van der Waals surface area contributed by atoms with Gasteiger partial charge in [0.1, 0.15) is 0 Å². The van der Waals surface area contributed by atoms with Gasteiger partial charge in [0.05, 0.1) is 17.1 Å². The molecule has 2 aromatic carbocycles. The molecule has 0 radical (unpaired) electrons. The average Bonchev–Trinajstić information content (AvgIpc) is 3.10. The Morgan fingerprint density at radius 3 is 2.48 bits per heavy atom. The number of rotatable bonds is 5. The maximum Gasteiger partial charge on any atom is 0.255 e. The van der Waals surface area contributed by atoms with Crippen LogP contribution in [0.2, 0.25) is 5.02 Å². The molecule has 0 saturated heterocycles. The number of para-hydroxylation sites is 1. The van der Waals surface area contributed by atoms with Crippen LogP contribution in [0.4, 0.5) is 11.4 Å². The Labute approximate surface area is 154 Å². The fourth-order valence-electron chi connectivity index (χ4n) is 2.25. The van der Waals surface area contributed by atoms with Crippen molar-refractivity contribution >= 4 is 46.1 Å². The average molecular weight is 371 g/mol. The summed E-state index contributed by atoms with van der Waals surface area (Å²) in [4.78, 5) is 25.5. The Bertz CT molecular complexity index is 880. The number of benzene rings is 2. The van der Waals surface area contributed by atoms with E-state index in [0.717, 1.165) is 4.88 Å². The molecule has 0 aliphatic rings. The van der Waals surface area contributed by atoms with Gasteiger partial charge in [-0.25, -0.2) is 0 Å². The van der Waals surface area contributed by atoms with Crippen LogP contribution in [0.5, 0.6) is 0 Å². The molecule has 0 atom stereocenters. The number of carbonyl (C=O) groups excluding carboxylic acids is 2. The monoisotopic (exact) mass is 370 g/mol. The lowest BCUT2D eigenvalue weighted by atomic mass is 10.1. The van der Waals surface area contributed by atoms with Crippen molar-refractivity contribution in [2.45, 2.75) is 6.42 Å². The van der Waals surface area contributed by atoms with Crippen molar-refractivity contribution < 1.29 is 9.59 Å². The molecule has 0 unspecified atom stereocenters. The maximum atomic E-state index is 12.4. The molecule has 0 aliphatic carbocycles. The van der Waals surface area contributed by atoms with Crippen molar-refractivity contribution in [2.75, 3.05) is 10.6 Å². The fraction of sp³-hybridized carbons (Fsp3) is 0.0526. The van der Waals surface area contributed by atoms with Gasteiger partial charge in [-0.1, -0.05) is 35.9 Å². The van der Waals surface area contributed by atoms with Crippen molar-refractivity contribution in [1.82, 2.24) is 0 Å². The molecule has 126 valence electrons. The van der Waals surface area contributed by atoms with Gasteiger partial charge in [-0.2, -0.15) is 0 Å². The van der Waals surface area contributed by atoms with E-state index in [1.54, 1.807) is 30.3 Å². The Morgan fingerprint density at radius 1 is 0.960 bits per heavy atom. The summed E-state index contributed by atoms with van der Waals surface area (Å²) in [7, 11) is 0. The lowest BCUT2D eigenvalue weighted by Crippen LogP contribution is -2.16. The van der Waals surface area contributed by atoms with E-state index in [-0.39, 0.29) is 18.2 Å². The Morgan fingerprint density at radius 2 is 1.76 bits per heavy atom. The molecule has 1 aromatic heterocycles. The molecule has 0 fully saturated rings. The third-order valence-corrected chi connectivity index (χ3v) is 4.66. The summed E-state index contributed by atoms with van der Waals surface area (Å²) in [5.74, 6) is -0.443. The predicted molar refractivity (Wildman–Crippen MR) is 102 cm³/mol. The molecule has 2 N–H and O–H groups in total. The van der Waals surface area contributed by atoms with E-state index in [2.05, 4.69) is 10.6 Å². The summed E-state index contributed by atoms with van der Waals surface area (Å²) in [6.07, 6.45) is 0.272. The second kappa shape index (κ2) is 7.96. The van der Waals surface area contributed by atoms with Gasteiger partial charge in [-0.3, -0.25) is 9.59 Å². The van der Waals surface area contributed by atoms with E-state index in [0.29, 0.717) is 22.0 Å². The van der Waals surface area contributed by atoms with Crippen LogP contribution in [0, 0.1) is 0 Å². The van der Waals surface area contributed by atoms with Crippen LogP contribution in [-0.2, 0) is 11.2 Å². The molecular formula is C19H15ClN2O2S. The molecule has 0 aliphatic heterocycles. The summed E-state index contributed by atoms with van der Waals surface area (Å²) in [5.41, 5.74) is 1.54. The van der Waals surface area contributed by atoms with E-state index in [1.165, 1.54) is 11.3 Å². The molecule has 0 saturated carbocycles. The molecule has 6 heteroatoms. The number of anilines is 2. The van der Waals surface area contributed by atoms with Crippen LogP contribution in [-0.4, -0.2) is 11.8 Å². The molecular weight excluding hydrogens is 356 g/mol. The van der Waals surface area contributed by atoms with E-state index >= 15 is 0 Å². The summed E-state index contributed by atoms with van der Waals surface area (Å²) in [6, 6.07) is 17.8. The first-order chi connectivity index (χ1) is 12.1. The van der Waals surface area contributed by atoms with Crippen molar-refractivity contribution in [3.05, 3.63) is 81.5 Å². The third-order valence-electron chi connectivity index (χ3n) is 3.45. The summed E-state index contributed by atoms with van der Waals surface area (Å²) < 4.78 is 0. The smallest absolute Gasteiger partial charge is 0.255 e. The highest BCUT2D eigenvalue weighted by Gasteiger charge is 2.12. The number of halogens is 1. The van der Waals surface area contributed by atoms with Crippen LogP contribution in [0.15, 0.2) is 66.0 Å². The first-order valence-corrected chi connectivity index (χ1v) is 8.86. The minimum atomic E-state index is -0.267. The van der Waals surface area contributed by atoms with Gasteiger partial charge in [0.2, 0.25) is 5.91 Å². The number of hydrogen-bond donors (Lipinski definition) is 2. The van der Waals surface area contributed by atoms with E-state index in [9.17, 15) is 9.59 Å². The van der Waals surface area contributed by atoms with Gasteiger partial charge >= 0.3 is 0 Å². The Balaban J connectivity index is 1.71. The topological polar surface area (TPSA) is 58.2 Å². The second-order valence-electron chi connectivity index (χ2n) is 5.32. The highest BCUT2D eigenvalue weighted by atomic mass is 35.5. The quantitative estimate of drug-likeness (QED) is 0.675. The lowest BCUT2D eigenvalue weighted by molar-refractivity contribution is -0.115. The predicted octanol–water partition coefficient (Wildman–Crippen LogP) is 4.84. The molecule has 25 heavy (non-hydrogen) atoms. The van der Waals surface area contributed by atoms with Gasteiger partial charge in [0.15, 0.2) is 0 Å². The van der Waals surface area contributed by atoms with Crippen LogP contribution in [0.25, 0.3) is 0 Å². The fourth-order valence-corrected chi connectivity index (χ4v) is 3.12. The minimum Gasteiger partial charge on any atom is -0.324 e. The van der Waals surface area contributed by atoms with Crippen molar-refractivity contribution in [3.8, 4) is 0 Å². The molecule has 0 bridgehead atoms. The summed E-state index contributed by atoms with van der Waals surface area (Å²) in [5, 5.41) is 7.87. The molecule has 0 spiro atoms. The van der Waals surface area contributed by atoms with Crippen LogP contribution < -0.4 is 10.6 Å². The van der Waals surface area contributed by atoms with E-state index in [1.807, 2.05) is 35.7 Å². The van der Waals surface area contributed by atoms with Gasteiger partial charge in [-0.15, -0.1) is 11.3 Å². The minimum absolute atomic E-state index is 0.176. The second-order valence-corrected chi connectivity index (χ2v) is 6.76. The number of carbonyl (C=O) groups is 2. The SMILES string of the molecule is O=C(Cc1cccs1)Nc1cc(C(=O)Nc2ccccc2)ccc1Cl. The zero-order valence-electron chi connectivity index (χ0n) is 13.2. The Hall–Kier alpha value is -2.63. The first-order valence-electron chi connectivity index (χ1n) is 7.60. The van der Waals surface area contributed by atoms with Gasteiger partial charge in [-0.05, 0) is 41.8 Å². The highest BCUT2D eigenvalue weighted by molar-refractivity contribution is 7.10. The van der Waals surface area contributed by atoms with Crippen molar-refractivity contribution in [3.63, 3.8) is 0 Å². The largest absolute Gasteiger partial charge is 0.324 e. The summed E-state index contributed by atoms with van der Waals surface area (Å²) >= 11 is 7.66.